The molecular formula is C21H24N4OS. The van der Waals surface area contributed by atoms with Gasteiger partial charge in [-0.3, -0.25) is 14.5 Å². The Bertz CT molecular complexity index is 971. The zero-order valence-corrected chi connectivity index (χ0v) is 16.6. The summed E-state index contributed by atoms with van der Waals surface area (Å²) in [6.45, 7) is 6.27. The molecule has 5 nitrogen and oxygen atoms in total. The topological polar surface area (TPSA) is 62.7 Å². The number of hydrogen-bond acceptors (Lipinski definition) is 3. The number of rotatable bonds is 6. The molecule has 3 aromatic rings. The van der Waals surface area contributed by atoms with E-state index in [1.54, 1.807) is 4.57 Å². The molecule has 0 aliphatic carbocycles. The zero-order valence-electron chi connectivity index (χ0n) is 15.8. The molecule has 1 atom stereocenters. The highest BCUT2D eigenvalue weighted by Crippen LogP contribution is 2.19. The molecule has 2 aromatic carbocycles. The minimum absolute atomic E-state index is 0.0259. The van der Waals surface area contributed by atoms with Crippen molar-refractivity contribution in [3.63, 3.8) is 0 Å². The lowest BCUT2D eigenvalue weighted by molar-refractivity contribution is -0.122. The number of aryl methyl sites for hydroxylation is 2. The first-order chi connectivity index (χ1) is 13.0. The van der Waals surface area contributed by atoms with Crippen molar-refractivity contribution in [2.45, 2.75) is 39.8 Å². The van der Waals surface area contributed by atoms with Gasteiger partial charge in [0, 0.05) is 5.56 Å². The summed E-state index contributed by atoms with van der Waals surface area (Å²) in [5.41, 5.74) is 4.39. The van der Waals surface area contributed by atoms with Crippen LogP contribution in [-0.4, -0.2) is 20.7 Å². The highest BCUT2D eigenvalue weighted by atomic mass is 32.1. The Morgan fingerprint density at radius 2 is 1.70 bits per heavy atom. The number of carbonyl (C=O) groups is 1. The fourth-order valence-electron chi connectivity index (χ4n) is 2.99. The summed E-state index contributed by atoms with van der Waals surface area (Å²) < 4.78 is 2.17. The summed E-state index contributed by atoms with van der Waals surface area (Å²) in [6, 6.07) is 16.2. The van der Waals surface area contributed by atoms with E-state index < -0.39 is 0 Å². The fourth-order valence-corrected chi connectivity index (χ4v) is 3.19. The van der Waals surface area contributed by atoms with Gasteiger partial charge in [0.05, 0.1) is 6.04 Å². The number of aromatic nitrogens is 3. The Morgan fingerprint density at radius 1 is 1.11 bits per heavy atom. The third kappa shape index (κ3) is 4.52. The maximum Gasteiger partial charge on any atom is 0.240 e. The van der Waals surface area contributed by atoms with Gasteiger partial charge < -0.3 is 5.32 Å². The number of carbonyl (C=O) groups excluding carboxylic acids is 1. The van der Waals surface area contributed by atoms with E-state index in [1.807, 2.05) is 31.2 Å². The number of benzene rings is 2. The zero-order chi connectivity index (χ0) is 19.4. The maximum atomic E-state index is 12.7. The monoisotopic (exact) mass is 380 g/mol. The molecule has 0 spiro atoms. The highest BCUT2D eigenvalue weighted by molar-refractivity contribution is 7.71. The first kappa shape index (κ1) is 19.0. The van der Waals surface area contributed by atoms with Gasteiger partial charge in [-0.2, -0.15) is 5.10 Å². The molecule has 0 unspecified atom stereocenters. The number of nitrogens with one attached hydrogen (secondary N) is 2. The molecule has 140 valence electrons. The second-order valence-electron chi connectivity index (χ2n) is 6.74. The van der Waals surface area contributed by atoms with Crippen LogP contribution in [0.1, 0.15) is 36.1 Å². The van der Waals surface area contributed by atoms with Crippen molar-refractivity contribution in [1.82, 2.24) is 20.1 Å². The van der Waals surface area contributed by atoms with Crippen LogP contribution in [0, 0.1) is 18.6 Å². The minimum atomic E-state index is -0.0895. The Kier molecular flexibility index (Phi) is 5.86. The van der Waals surface area contributed by atoms with Gasteiger partial charge in [0.2, 0.25) is 5.91 Å². The van der Waals surface area contributed by atoms with Gasteiger partial charge in [-0.1, -0.05) is 66.6 Å². The van der Waals surface area contributed by atoms with Crippen LogP contribution in [0.4, 0.5) is 0 Å². The predicted octanol–water partition coefficient (Wildman–Crippen LogP) is 4.49. The second kappa shape index (κ2) is 8.31. The van der Waals surface area contributed by atoms with Crippen LogP contribution in [0.2, 0.25) is 0 Å². The van der Waals surface area contributed by atoms with Crippen molar-refractivity contribution in [2.24, 2.45) is 0 Å². The summed E-state index contributed by atoms with van der Waals surface area (Å²) in [5, 5.41) is 10.2. The van der Waals surface area contributed by atoms with Gasteiger partial charge in [-0.15, -0.1) is 0 Å². The van der Waals surface area contributed by atoms with E-state index in [0.717, 1.165) is 17.5 Å². The van der Waals surface area contributed by atoms with Crippen LogP contribution in [-0.2, 0) is 11.3 Å². The van der Waals surface area contributed by atoms with Crippen LogP contribution in [0.15, 0.2) is 48.5 Å². The number of nitrogens with zero attached hydrogens (tertiary/aromatic N) is 2. The lowest BCUT2D eigenvalue weighted by Crippen LogP contribution is -2.31. The third-order valence-corrected chi connectivity index (χ3v) is 4.90. The molecule has 1 heterocycles. The SMILES string of the molecule is CC[C@@H](NC(=O)Cn1c(-c2ccc(C)cc2)n[nH]c1=S)c1ccc(C)cc1. The van der Waals surface area contributed by atoms with Crippen LogP contribution >= 0.6 is 12.2 Å². The van der Waals surface area contributed by atoms with Crippen molar-refractivity contribution in [3.8, 4) is 11.4 Å². The van der Waals surface area contributed by atoms with Crippen molar-refractivity contribution in [3.05, 3.63) is 70.0 Å². The lowest BCUT2D eigenvalue weighted by Gasteiger charge is -2.18. The van der Waals surface area contributed by atoms with Gasteiger partial charge >= 0.3 is 0 Å². The molecule has 0 saturated carbocycles. The fraction of sp³-hybridized carbons (Fsp3) is 0.286. The summed E-state index contributed by atoms with van der Waals surface area (Å²) in [6.07, 6.45) is 0.816. The molecule has 27 heavy (non-hydrogen) atoms. The van der Waals surface area contributed by atoms with Gasteiger partial charge in [-0.25, -0.2) is 0 Å². The van der Waals surface area contributed by atoms with Gasteiger partial charge in [0.1, 0.15) is 6.54 Å². The molecule has 6 heteroatoms. The van der Waals surface area contributed by atoms with E-state index >= 15 is 0 Å². The molecule has 0 fully saturated rings. The number of hydrogen-bond donors (Lipinski definition) is 2. The van der Waals surface area contributed by atoms with Crippen LogP contribution < -0.4 is 5.32 Å². The number of amides is 1. The molecule has 0 radical (unpaired) electrons. The van der Waals surface area contributed by atoms with Crippen molar-refractivity contribution >= 4 is 18.1 Å². The maximum absolute atomic E-state index is 12.7. The Labute approximate surface area is 164 Å². The molecule has 3 rings (SSSR count). The first-order valence-electron chi connectivity index (χ1n) is 9.06. The Balaban J connectivity index is 1.78. The van der Waals surface area contributed by atoms with Crippen LogP contribution in [0.25, 0.3) is 11.4 Å². The number of aromatic amines is 1. The molecule has 2 N–H and O–H groups in total. The van der Waals surface area contributed by atoms with Crippen LogP contribution in [0.5, 0.6) is 0 Å². The normalized spacial score (nSPS) is 12.0. The largest absolute Gasteiger partial charge is 0.348 e. The molecule has 0 bridgehead atoms. The van der Waals surface area contributed by atoms with Crippen LogP contribution in [0.3, 0.4) is 0 Å². The van der Waals surface area contributed by atoms with E-state index in [4.69, 9.17) is 12.2 Å². The highest BCUT2D eigenvalue weighted by Gasteiger charge is 2.16. The molecule has 0 saturated heterocycles. The van der Waals surface area contributed by atoms with E-state index in [2.05, 4.69) is 53.6 Å². The second-order valence-corrected chi connectivity index (χ2v) is 7.13. The van der Waals surface area contributed by atoms with Gasteiger partial charge in [0.25, 0.3) is 0 Å². The minimum Gasteiger partial charge on any atom is -0.348 e. The smallest absolute Gasteiger partial charge is 0.240 e. The predicted molar refractivity (Wildman–Crippen MR) is 110 cm³/mol. The number of H-pyrrole nitrogens is 1. The first-order valence-corrected chi connectivity index (χ1v) is 9.47. The Morgan fingerprint density at radius 3 is 2.30 bits per heavy atom. The van der Waals surface area contributed by atoms with E-state index in [0.29, 0.717) is 10.6 Å². The molecular weight excluding hydrogens is 356 g/mol. The van der Waals surface area contributed by atoms with Crippen molar-refractivity contribution in [2.75, 3.05) is 0 Å². The van der Waals surface area contributed by atoms with Crippen molar-refractivity contribution in [1.29, 1.82) is 0 Å². The third-order valence-electron chi connectivity index (χ3n) is 4.59. The van der Waals surface area contributed by atoms with E-state index in [-0.39, 0.29) is 18.5 Å². The lowest BCUT2D eigenvalue weighted by atomic mass is 10.0. The quantitative estimate of drug-likeness (QED) is 0.619. The van der Waals surface area contributed by atoms with E-state index in [9.17, 15) is 4.79 Å². The molecule has 1 amide bonds. The molecule has 0 aliphatic heterocycles. The standard InChI is InChI=1S/C21H24N4OS/c1-4-18(16-9-5-14(2)6-10-16)22-19(26)13-25-20(23-24-21(25)27)17-11-7-15(3)8-12-17/h5-12,18H,4,13H2,1-3H3,(H,22,26)(H,24,27)/t18-/m1/s1. The van der Waals surface area contributed by atoms with E-state index in [1.165, 1.54) is 11.1 Å². The van der Waals surface area contributed by atoms with Crippen molar-refractivity contribution < 1.29 is 4.79 Å². The summed E-state index contributed by atoms with van der Waals surface area (Å²) in [7, 11) is 0. The van der Waals surface area contributed by atoms with Gasteiger partial charge in [-0.05, 0) is 38.0 Å². The van der Waals surface area contributed by atoms with Gasteiger partial charge in [0.15, 0.2) is 10.6 Å². The average Bonchev–Trinajstić information content (AvgIpc) is 3.02. The summed E-state index contributed by atoms with van der Waals surface area (Å²) in [4.78, 5) is 12.7. The molecule has 0 aliphatic rings. The summed E-state index contributed by atoms with van der Waals surface area (Å²) in [5.74, 6) is 0.576. The summed E-state index contributed by atoms with van der Waals surface area (Å²) >= 11 is 5.33. The Hall–Kier alpha value is -2.73. The molecule has 1 aromatic heterocycles. The average molecular weight is 381 g/mol.